The number of hydrogen-bond acceptors (Lipinski definition) is 4. The summed E-state index contributed by atoms with van der Waals surface area (Å²) in [5.74, 6) is 0.963. The molecule has 1 N–H and O–H groups in total. The van der Waals surface area contributed by atoms with E-state index in [1.165, 1.54) is 15.8 Å². The third-order valence-corrected chi connectivity index (χ3v) is 4.52. The molecular weight excluding hydrogens is 282 g/mol. The van der Waals surface area contributed by atoms with Gasteiger partial charge in [-0.2, -0.15) is 0 Å². The van der Waals surface area contributed by atoms with Gasteiger partial charge in [-0.05, 0) is 24.4 Å². The van der Waals surface area contributed by atoms with Crippen molar-refractivity contribution in [1.29, 1.82) is 0 Å². The van der Waals surface area contributed by atoms with Crippen molar-refractivity contribution in [3.63, 3.8) is 0 Å². The van der Waals surface area contributed by atoms with Gasteiger partial charge in [-0.1, -0.05) is 24.3 Å². The summed E-state index contributed by atoms with van der Waals surface area (Å²) >= 11 is 1.75. The Hall–Kier alpha value is -1.62. The molecule has 21 heavy (non-hydrogen) atoms. The molecule has 2 aromatic heterocycles. The van der Waals surface area contributed by atoms with Crippen molar-refractivity contribution in [1.82, 2.24) is 4.90 Å². The molecule has 4 heteroatoms. The molecule has 3 nitrogen and oxygen atoms in total. The molecule has 0 saturated carbocycles. The Kier molecular flexibility index (Phi) is 4.39. The normalized spacial score (nSPS) is 11.6. The molecule has 1 aromatic carbocycles. The summed E-state index contributed by atoms with van der Waals surface area (Å²) in [6, 6.07) is 12.3. The van der Waals surface area contributed by atoms with Crippen LogP contribution in [-0.2, 0) is 13.1 Å². The number of aliphatic hydroxyl groups excluding tert-OH is 1. The van der Waals surface area contributed by atoms with Crippen LogP contribution in [0.1, 0.15) is 16.2 Å². The van der Waals surface area contributed by atoms with Crippen LogP contribution in [0.5, 0.6) is 0 Å². The van der Waals surface area contributed by atoms with Gasteiger partial charge in [0.1, 0.15) is 11.3 Å². The standard InChI is InChI=1S/C17H19NO2S/c1-13-16(15-6-2-3-7-17(15)20-13)12-18(8-9-19)11-14-5-4-10-21-14/h2-7,10,19H,8-9,11-12H2,1H3. The first kappa shape index (κ1) is 14.3. The number of rotatable bonds is 6. The van der Waals surface area contributed by atoms with Crippen LogP contribution >= 0.6 is 11.3 Å². The number of benzene rings is 1. The molecule has 0 unspecified atom stereocenters. The maximum absolute atomic E-state index is 9.31. The molecule has 0 saturated heterocycles. The number of para-hydroxylation sites is 1. The highest BCUT2D eigenvalue weighted by molar-refractivity contribution is 7.09. The Morgan fingerprint density at radius 2 is 2.00 bits per heavy atom. The topological polar surface area (TPSA) is 36.6 Å². The maximum Gasteiger partial charge on any atom is 0.134 e. The van der Waals surface area contributed by atoms with Gasteiger partial charge in [0.25, 0.3) is 0 Å². The average Bonchev–Trinajstić information content (AvgIpc) is 3.08. The van der Waals surface area contributed by atoms with Gasteiger partial charge in [-0.25, -0.2) is 0 Å². The largest absolute Gasteiger partial charge is 0.461 e. The smallest absolute Gasteiger partial charge is 0.134 e. The molecule has 0 aliphatic rings. The molecule has 0 atom stereocenters. The predicted molar refractivity (Wildman–Crippen MR) is 86.5 cm³/mol. The second-order valence-corrected chi connectivity index (χ2v) is 6.18. The van der Waals surface area contributed by atoms with Gasteiger partial charge in [0, 0.05) is 35.5 Å². The number of hydrogen-bond donors (Lipinski definition) is 1. The molecule has 2 heterocycles. The predicted octanol–water partition coefficient (Wildman–Crippen LogP) is 3.80. The number of furan rings is 1. The van der Waals surface area contributed by atoms with E-state index < -0.39 is 0 Å². The fourth-order valence-corrected chi connectivity index (χ4v) is 3.37. The summed E-state index contributed by atoms with van der Waals surface area (Å²) in [5.41, 5.74) is 2.15. The summed E-state index contributed by atoms with van der Waals surface area (Å²) < 4.78 is 5.83. The first-order valence-corrected chi connectivity index (χ1v) is 7.98. The Morgan fingerprint density at radius 1 is 1.14 bits per heavy atom. The minimum Gasteiger partial charge on any atom is -0.461 e. The fourth-order valence-electron chi connectivity index (χ4n) is 2.62. The SMILES string of the molecule is Cc1oc2ccccc2c1CN(CCO)Cc1cccs1. The number of thiophene rings is 1. The van der Waals surface area contributed by atoms with Gasteiger partial charge in [0.05, 0.1) is 6.61 Å². The lowest BCUT2D eigenvalue weighted by Crippen LogP contribution is -2.25. The molecular formula is C17H19NO2S. The van der Waals surface area contributed by atoms with Crippen LogP contribution in [0.4, 0.5) is 0 Å². The van der Waals surface area contributed by atoms with E-state index in [1.807, 2.05) is 25.1 Å². The van der Waals surface area contributed by atoms with Crippen LogP contribution in [0, 0.1) is 6.92 Å². The van der Waals surface area contributed by atoms with E-state index in [4.69, 9.17) is 4.42 Å². The van der Waals surface area contributed by atoms with Crippen molar-refractivity contribution in [3.8, 4) is 0 Å². The summed E-state index contributed by atoms with van der Waals surface area (Å²) in [7, 11) is 0. The summed E-state index contributed by atoms with van der Waals surface area (Å²) in [5, 5.41) is 12.6. The van der Waals surface area contributed by atoms with Crippen molar-refractivity contribution in [2.45, 2.75) is 20.0 Å². The second-order valence-electron chi connectivity index (χ2n) is 5.15. The highest BCUT2D eigenvalue weighted by Gasteiger charge is 2.15. The molecule has 3 rings (SSSR count). The Labute approximate surface area is 128 Å². The third-order valence-electron chi connectivity index (χ3n) is 3.66. The molecule has 110 valence electrons. The summed E-state index contributed by atoms with van der Waals surface area (Å²) in [6.07, 6.45) is 0. The highest BCUT2D eigenvalue weighted by atomic mass is 32.1. The molecule has 3 aromatic rings. The molecule has 0 fully saturated rings. The number of nitrogens with zero attached hydrogens (tertiary/aromatic N) is 1. The Bertz CT molecular complexity index is 703. The average molecular weight is 301 g/mol. The zero-order chi connectivity index (χ0) is 14.7. The van der Waals surface area contributed by atoms with Gasteiger partial charge in [-0.15, -0.1) is 11.3 Å². The summed E-state index contributed by atoms with van der Waals surface area (Å²) in [6.45, 7) is 4.49. The van der Waals surface area contributed by atoms with Crippen molar-refractivity contribution in [2.75, 3.05) is 13.2 Å². The van der Waals surface area contributed by atoms with E-state index >= 15 is 0 Å². The van der Waals surface area contributed by atoms with Crippen molar-refractivity contribution in [3.05, 3.63) is 58.0 Å². The van der Waals surface area contributed by atoms with Crippen molar-refractivity contribution >= 4 is 22.3 Å². The quantitative estimate of drug-likeness (QED) is 0.752. The minimum absolute atomic E-state index is 0.167. The Balaban J connectivity index is 1.85. The van der Waals surface area contributed by atoms with Crippen molar-refractivity contribution < 1.29 is 9.52 Å². The van der Waals surface area contributed by atoms with E-state index in [9.17, 15) is 5.11 Å². The molecule has 0 radical (unpaired) electrons. The maximum atomic E-state index is 9.31. The lowest BCUT2D eigenvalue weighted by atomic mass is 10.1. The number of aliphatic hydroxyl groups is 1. The van der Waals surface area contributed by atoms with Gasteiger partial charge >= 0.3 is 0 Å². The van der Waals surface area contributed by atoms with Crippen LogP contribution in [0.2, 0.25) is 0 Å². The molecule has 0 aliphatic carbocycles. The van der Waals surface area contributed by atoms with Crippen molar-refractivity contribution in [2.24, 2.45) is 0 Å². The lowest BCUT2D eigenvalue weighted by Gasteiger charge is -2.20. The van der Waals surface area contributed by atoms with Gasteiger partial charge in [-0.3, -0.25) is 4.90 Å². The highest BCUT2D eigenvalue weighted by Crippen LogP contribution is 2.27. The van der Waals surface area contributed by atoms with Crippen LogP contribution in [0.15, 0.2) is 46.2 Å². The van der Waals surface area contributed by atoms with E-state index in [2.05, 4.69) is 28.5 Å². The Morgan fingerprint density at radius 3 is 2.76 bits per heavy atom. The minimum atomic E-state index is 0.167. The third kappa shape index (κ3) is 3.18. The van der Waals surface area contributed by atoms with Gasteiger partial charge in [0.15, 0.2) is 0 Å². The molecule has 0 amide bonds. The van der Waals surface area contributed by atoms with Crippen LogP contribution in [-0.4, -0.2) is 23.2 Å². The number of aryl methyl sites for hydroxylation is 1. The first-order chi connectivity index (χ1) is 10.3. The first-order valence-electron chi connectivity index (χ1n) is 7.10. The van der Waals surface area contributed by atoms with Gasteiger partial charge < -0.3 is 9.52 Å². The molecule has 0 aliphatic heterocycles. The van der Waals surface area contributed by atoms with E-state index in [0.29, 0.717) is 6.54 Å². The summed E-state index contributed by atoms with van der Waals surface area (Å²) in [4.78, 5) is 3.57. The zero-order valence-electron chi connectivity index (χ0n) is 12.1. The van der Waals surface area contributed by atoms with E-state index in [-0.39, 0.29) is 6.61 Å². The van der Waals surface area contributed by atoms with E-state index in [0.717, 1.165) is 24.4 Å². The lowest BCUT2D eigenvalue weighted by molar-refractivity contribution is 0.185. The van der Waals surface area contributed by atoms with Crippen LogP contribution < -0.4 is 0 Å². The van der Waals surface area contributed by atoms with E-state index in [1.54, 1.807) is 11.3 Å². The monoisotopic (exact) mass is 301 g/mol. The molecule has 0 spiro atoms. The van der Waals surface area contributed by atoms with Crippen LogP contribution in [0.25, 0.3) is 11.0 Å². The fraction of sp³-hybridized carbons (Fsp3) is 0.294. The van der Waals surface area contributed by atoms with Gasteiger partial charge in [0.2, 0.25) is 0 Å². The van der Waals surface area contributed by atoms with Crippen LogP contribution in [0.3, 0.4) is 0 Å². The second kappa shape index (κ2) is 6.43. The molecule has 0 bridgehead atoms. The number of fused-ring (bicyclic) bond motifs is 1. The zero-order valence-corrected chi connectivity index (χ0v) is 12.9.